The second-order valence-electron chi connectivity index (χ2n) is 5.16. The molecule has 2 aliphatic rings. The van der Waals surface area contributed by atoms with Crippen molar-refractivity contribution in [2.75, 3.05) is 26.2 Å². The normalized spacial score (nSPS) is 25.6. The van der Waals surface area contributed by atoms with E-state index in [-0.39, 0.29) is 0 Å². The Hall–Kier alpha value is -0.0800. The van der Waals surface area contributed by atoms with Gasteiger partial charge in [0, 0.05) is 26.2 Å². The van der Waals surface area contributed by atoms with E-state index in [1.54, 1.807) is 0 Å². The van der Waals surface area contributed by atoms with Crippen LogP contribution in [0.2, 0.25) is 0 Å². The maximum absolute atomic E-state index is 4.41. The van der Waals surface area contributed by atoms with E-state index in [2.05, 4.69) is 10.6 Å². The van der Waals surface area contributed by atoms with Crippen LogP contribution in [-0.2, 0) is 0 Å². The summed E-state index contributed by atoms with van der Waals surface area (Å²) in [4.78, 5) is 0. The van der Waals surface area contributed by atoms with Crippen molar-refractivity contribution in [1.82, 2.24) is 10.6 Å². The molecule has 0 N–H and O–H groups in total. The Bertz CT molecular complexity index is 140. The molecule has 2 fully saturated rings. The maximum atomic E-state index is 4.41. The standard InChI is InChI=1S/C13H24N2/c1(2-12-4-8-14-9-5-12)3-13-6-10-15-11-7-13/h12-13H,1-11H2. The van der Waals surface area contributed by atoms with Crippen LogP contribution >= 0.6 is 0 Å². The van der Waals surface area contributed by atoms with Gasteiger partial charge < -0.3 is 0 Å². The van der Waals surface area contributed by atoms with Crippen LogP contribution in [0.1, 0.15) is 44.9 Å². The fraction of sp³-hybridized carbons (Fsp3) is 1.00. The molecule has 0 aromatic rings. The van der Waals surface area contributed by atoms with Gasteiger partial charge in [0.25, 0.3) is 0 Å². The van der Waals surface area contributed by atoms with Gasteiger partial charge in [0.1, 0.15) is 0 Å². The Kier molecular flexibility index (Phi) is 4.94. The molecule has 2 heteroatoms. The summed E-state index contributed by atoms with van der Waals surface area (Å²) in [6.07, 6.45) is 9.82. The van der Waals surface area contributed by atoms with Gasteiger partial charge in [-0.25, -0.2) is 10.6 Å². The summed E-state index contributed by atoms with van der Waals surface area (Å²) in [5.41, 5.74) is 0. The highest BCUT2D eigenvalue weighted by Gasteiger charge is 2.16. The van der Waals surface area contributed by atoms with Crippen LogP contribution in [0.25, 0.3) is 0 Å². The third-order valence-corrected chi connectivity index (χ3v) is 4.01. The van der Waals surface area contributed by atoms with Crippen LogP contribution in [0.15, 0.2) is 0 Å². The molecule has 15 heavy (non-hydrogen) atoms. The average molecular weight is 208 g/mol. The van der Waals surface area contributed by atoms with Crippen molar-refractivity contribution in [3.8, 4) is 0 Å². The highest BCUT2D eigenvalue weighted by molar-refractivity contribution is 4.71. The Morgan fingerprint density at radius 2 is 1.07 bits per heavy atom. The number of piperidine rings is 2. The predicted octanol–water partition coefficient (Wildman–Crippen LogP) is 2.19. The largest absolute Gasteiger partial charge is 0.242 e. The van der Waals surface area contributed by atoms with Crippen LogP contribution in [0.3, 0.4) is 0 Å². The van der Waals surface area contributed by atoms with Crippen molar-refractivity contribution in [2.24, 2.45) is 11.8 Å². The first kappa shape index (κ1) is 11.4. The van der Waals surface area contributed by atoms with E-state index in [4.69, 9.17) is 0 Å². The molecular formula is C13H24N2. The minimum Gasteiger partial charge on any atom is -0.242 e. The first-order valence-corrected chi connectivity index (χ1v) is 6.71. The summed E-state index contributed by atoms with van der Waals surface area (Å²) in [7, 11) is 0. The van der Waals surface area contributed by atoms with Gasteiger partial charge in [0.05, 0.1) is 0 Å². The van der Waals surface area contributed by atoms with Crippen LogP contribution in [-0.4, -0.2) is 26.2 Å². The Balaban J connectivity index is 1.53. The monoisotopic (exact) mass is 208 g/mol. The minimum absolute atomic E-state index is 0.996. The Morgan fingerprint density at radius 3 is 1.47 bits per heavy atom. The first-order valence-electron chi connectivity index (χ1n) is 6.71. The van der Waals surface area contributed by atoms with E-state index in [0.29, 0.717) is 0 Å². The van der Waals surface area contributed by atoms with Crippen molar-refractivity contribution in [1.29, 1.82) is 0 Å². The summed E-state index contributed by atoms with van der Waals surface area (Å²) in [6.45, 7) is 4.53. The SMILES string of the molecule is C(CC1CC[N]CC1)CC1CC[N]CC1. The summed E-state index contributed by atoms with van der Waals surface area (Å²) in [6, 6.07) is 0. The van der Waals surface area contributed by atoms with Gasteiger partial charge in [0.15, 0.2) is 0 Å². The molecular weight excluding hydrogens is 184 g/mol. The van der Waals surface area contributed by atoms with Gasteiger partial charge in [-0.3, -0.25) is 0 Å². The molecule has 2 radical (unpaired) electrons. The zero-order valence-corrected chi connectivity index (χ0v) is 9.83. The van der Waals surface area contributed by atoms with Gasteiger partial charge in [-0.1, -0.05) is 19.3 Å². The van der Waals surface area contributed by atoms with E-state index >= 15 is 0 Å². The summed E-state index contributed by atoms with van der Waals surface area (Å²) < 4.78 is 0. The number of hydrogen-bond donors (Lipinski definition) is 0. The van der Waals surface area contributed by atoms with E-state index < -0.39 is 0 Å². The summed E-state index contributed by atoms with van der Waals surface area (Å²) >= 11 is 0. The zero-order valence-electron chi connectivity index (χ0n) is 9.83. The molecule has 86 valence electrons. The van der Waals surface area contributed by atoms with Crippen LogP contribution in [0.4, 0.5) is 0 Å². The molecule has 2 nitrogen and oxygen atoms in total. The lowest BCUT2D eigenvalue weighted by atomic mass is 9.87. The molecule has 0 saturated carbocycles. The van der Waals surface area contributed by atoms with Crippen LogP contribution in [0.5, 0.6) is 0 Å². The van der Waals surface area contributed by atoms with E-state index in [9.17, 15) is 0 Å². The van der Waals surface area contributed by atoms with Gasteiger partial charge >= 0.3 is 0 Å². The molecule has 0 spiro atoms. The maximum Gasteiger partial charge on any atom is 0.0136 e. The van der Waals surface area contributed by atoms with Crippen molar-refractivity contribution >= 4 is 0 Å². The second kappa shape index (κ2) is 6.49. The lowest BCUT2D eigenvalue weighted by Gasteiger charge is -2.24. The average Bonchev–Trinajstić information content (AvgIpc) is 2.32. The minimum atomic E-state index is 0.996. The molecule has 0 aliphatic carbocycles. The van der Waals surface area contributed by atoms with Crippen LogP contribution in [0, 0.1) is 11.8 Å². The molecule has 2 saturated heterocycles. The fourth-order valence-corrected chi connectivity index (χ4v) is 2.88. The number of rotatable bonds is 4. The molecule has 0 atom stereocenters. The van der Waals surface area contributed by atoms with E-state index in [1.165, 1.54) is 44.9 Å². The molecule has 2 rings (SSSR count). The van der Waals surface area contributed by atoms with Crippen molar-refractivity contribution in [2.45, 2.75) is 44.9 Å². The van der Waals surface area contributed by atoms with Crippen molar-refractivity contribution in [3.05, 3.63) is 0 Å². The van der Waals surface area contributed by atoms with E-state index in [0.717, 1.165) is 38.0 Å². The third-order valence-electron chi connectivity index (χ3n) is 4.01. The predicted molar refractivity (Wildman–Crippen MR) is 63.0 cm³/mol. The van der Waals surface area contributed by atoms with Gasteiger partial charge in [-0.15, -0.1) is 0 Å². The van der Waals surface area contributed by atoms with E-state index in [1.807, 2.05) is 0 Å². The number of nitrogens with zero attached hydrogens (tertiary/aromatic N) is 2. The Labute approximate surface area is 94.2 Å². The van der Waals surface area contributed by atoms with Gasteiger partial charge in [0.2, 0.25) is 0 Å². The third kappa shape index (κ3) is 4.12. The summed E-state index contributed by atoms with van der Waals surface area (Å²) in [5, 5.41) is 8.83. The molecule has 2 aliphatic heterocycles. The molecule has 0 amide bonds. The lowest BCUT2D eigenvalue weighted by molar-refractivity contribution is 0.301. The molecule has 0 bridgehead atoms. The zero-order chi connectivity index (χ0) is 10.3. The fourth-order valence-electron chi connectivity index (χ4n) is 2.88. The van der Waals surface area contributed by atoms with Crippen molar-refractivity contribution in [3.63, 3.8) is 0 Å². The quantitative estimate of drug-likeness (QED) is 0.677. The van der Waals surface area contributed by atoms with Crippen molar-refractivity contribution < 1.29 is 0 Å². The number of hydrogen-bond acceptors (Lipinski definition) is 0. The highest BCUT2D eigenvalue weighted by atomic mass is 14.9. The van der Waals surface area contributed by atoms with Crippen LogP contribution < -0.4 is 10.6 Å². The second-order valence-corrected chi connectivity index (χ2v) is 5.16. The highest BCUT2D eigenvalue weighted by Crippen LogP contribution is 2.24. The summed E-state index contributed by atoms with van der Waals surface area (Å²) in [5.74, 6) is 1.99. The first-order chi connectivity index (χ1) is 7.45. The molecule has 0 aromatic heterocycles. The smallest absolute Gasteiger partial charge is 0.0136 e. The molecule has 0 aromatic carbocycles. The van der Waals surface area contributed by atoms with Gasteiger partial charge in [-0.05, 0) is 37.5 Å². The molecule has 0 unspecified atom stereocenters. The molecule has 2 heterocycles. The topological polar surface area (TPSA) is 28.2 Å². The lowest BCUT2D eigenvalue weighted by Crippen LogP contribution is -2.23. The van der Waals surface area contributed by atoms with Gasteiger partial charge in [-0.2, -0.15) is 0 Å². The Morgan fingerprint density at radius 1 is 0.667 bits per heavy atom.